The highest BCUT2D eigenvalue weighted by atomic mass is 35.5. The average Bonchev–Trinajstić information content (AvgIpc) is 2.63. The van der Waals surface area contributed by atoms with Crippen LogP contribution in [0, 0.1) is 11.5 Å². The molecule has 0 aliphatic carbocycles. The number of halogens is 1. The molecule has 0 unspecified atom stereocenters. The van der Waals surface area contributed by atoms with Crippen molar-refractivity contribution in [3.63, 3.8) is 0 Å². The summed E-state index contributed by atoms with van der Waals surface area (Å²) in [5.41, 5.74) is 0.947. The number of rotatable bonds is 1. The molecule has 0 N–H and O–H groups in total. The monoisotopic (exact) mass is 250 g/mol. The van der Waals surface area contributed by atoms with Gasteiger partial charge in [0.1, 0.15) is 0 Å². The predicted molar refractivity (Wildman–Crippen MR) is 62.7 cm³/mol. The Morgan fingerprint density at radius 3 is 2.75 bits per heavy atom. The van der Waals surface area contributed by atoms with Gasteiger partial charge >= 0.3 is 0 Å². The number of nitrogens with zero attached hydrogens (tertiary/aromatic N) is 4. The minimum absolute atomic E-state index is 0.576. The quantitative estimate of drug-likeness (QED) is 0.729. The van der Waals surface area contributed by atoms with Crippen LogP contribution in [0.3, 0.4) is 0 Å². The smallest absolute Gasteiger partial charge is 0.220 e. The summed E-state index contributed by atoms with van der Waals surface area (Å²) in [6, 6.07) is 7.37. The van der Waals surface area contributed by atoms with Crippen molar-refractivity contribution in [3.05, 3.63) is 34.1 Å². The molecule has 6 heteroatoms. The van der Waals surface area contributed by atoms with Crippen molar-refractivity contribution in [2.24, 2.45) is 12.0 Å². The van der Waals surface area contributed by atoms with Crippen LogP contribution < -0.4 is 4.80 Å². The maximum absolute atomic E-state index is 8.49. The Balaban J connectivity index is 2.54. The normalized spacial score (nSPS) is 11.4. The first-order valence-corrected chi connectivity index (χ1v) is 5.59. The molecule has 1 aromatic heterocycles. The van der Waals surface area contributed by atoms with Crippen LogP contribution in [0.5, 0.6) is 0 Å². The zero-order valence-corrected chi connectivity index (χ0v) is 9.96. The number of hydrogen-bond acceptors (Lipinski definition) is 4. The van der Waals surface area contributed by atoms with Gasteiger partial charge in [0.05, 0.1) is 0 Å². The summed E-state index contributed by atoms with van der Waals surface area (Å²) < 4.78 is 6.03. The third-order valence-corrected chi connectivity index (χ3v) is 3.11. The van der Waals surface area contributed by atoms with Gasteiger partial charge in [-0.1, -0.05) is 11.6 Å². The first-order valence-electron chi connectivity index (χ1n) is 4.44. The SMILES string of the molecule is Cn1c(-c2ccc(Cl)cc2)nsc1=NC#N. The Labute approximate surface area is 101 Å². The second-order valence-corrected chi connectivity index (χ2v) is 4.23. The summed E-state index contributed by atoms with van der Waals surface area (Å²) in [6.07, 6.45) is 1.75. The van der Waals surface area contributed by atoms with E-state index in [1.54, 1.807) is 22.9 Å². The van der Waals surface area contributed by atoms with Crippen LogP contribution in [0.4, 0.5) is 0 Å². The summed E-state index contributed by atoms with van der Waals surface area (Å²) in [4.78, 5) is 4.24. The molecule has 80 valence electrons. The van der Waals surface area contributed by atoms with Crippen LogP contribution in [0.15, 0.2) is 29.3 Å². The maximum atomic E-state index is 8.49. The highest BCUT2D eigenvalue weighted by Gasteiger charge is 2.06. The molecule has 1 aromatic carbocycles. The lowest BCUT2D eigenvalue weighted by atomic mass is 10.2. The van der Waals surface area contributed by atoms with Gasteiger partial charge in [-0.05, 0) is 24.3 Å². The molecule has 16 heavy (non-hydrogen) atoms. The minimum Gasteiger partial charge on any atom is -0.302 e. The lowest BCUT2D eigenvalue weighted by Gasteiger charge is -2.00. The van der Waals surface area contributed by atoms with Gasteiger partial charge in [-0.3, -0.25) is 0 Å². The Kier molecular flexibility index (Phi) is 3.04. The fraction of sp³-hybridized carbons (Fsp3) is 0.100. The van der Waals surface area contributed by atoms with Gasteiger partial charge in [0, 0.05) is 29.2 Å². The first-order chi connectivity index (χ1) is 7.72. The molecule has 0 saturated carbocycles. The van der Waals surface area contributed by atoms with Gasteiger partial charge in [0.15, 0.2) is 5.82 Å². The topological polar surface area (TPSA) is 54.0 Å². The summed E-state index contributed by atoms with van der Waals surface area (Å²) in [7, 11) is 1.82. The maximum Gasteiger partial charge on any atom is 0.220 e. The number of benzene rings is 1. The molecule has 2 aromatic rings. The van der Waals surface area contributed by atoms with Crippen molar-refractivity contribution in [2.75, 3.05) is 0 Å². The molecule has 0 aliphatic rings. The predicted octanol–water partition coefficient (Wildman–Crippen LogP) is 2.18. The van der Waals surface area contributed by atoms with E-state index in [-0.39, 0.29) is 0 Å². The van der Waals surface area contributed by atoms with Gasteiger partial charge < -0.3 is 4.57 Å². The third kappa shape index (κ3) is 1.98. The van der Waals surface area contributed by atoms with Crippen LogP contribution in [0.1, 0.15) is 0 Å². The standard InChI is InChI=1S/C10H7ClN4S/c1-15-9(14-16-10(15)13-6-12)7-2-4-8(11)5-3-7/h2-5H,1H3. The summed E-state index contributed by atoms with van der Waals surface area (Å²) in [6.45, 7) is 0. The van der Waals surface area contributed by atoms with E-state index < -0.39 is 0 Å². The molecule has 0 spiro atoms. The minimum atomic E-state index is 0.576. The highest BCUT2D eigenvalue weighted by molar-refractivity contribution is 7.03. The highest BCUT2D eigenvalue weighted by Crippen LogP contribution is 2.18. The van der Waals surface area contributed by atoms with Crippen molar-refractivity contribution >= 4 is 23.1 Å². The number of nitriles is 1. The van der Waals surface area contributed by atoms with Crippen molar-refractivity contribution in [3.8, 4) is 17.6 Å². The average molecular weight is 251 g/mol. The van der Waals surface area contributed by atoms with Gasteiger partial charge in [-0.15, -0.1) is 4.99 Å². The van der Waals surface area contributed by atoms with Crippen molar-refractivity contribution in [1.82, 2.24) is 8.94 Å². The van der Waals surface area contributed by atoms with E-state index in [0.717, 1.165) is 11.4 Å². The van der Waals surface area contributed by atoms with E-state index in [2.05, 4.69) is 9.37 Å². The zero-order chi connectivity index (χ0) is 11.5. The molecule has 0 aliphatic heterocycles. The molecule has 0 saturated heterocycles. The molecular weight excluding hydrogens is 244 g/mol. The van der Waals surface area contributed by atoms with Crippen LogP contribution in [0.2, 0.25) is 5.02 Å². The number of hydrogen-bond donors (Lipinski definition) is 0. The molecular formula is C10H7ClN4S. The van der Waals surface area contributed by atoms with E-state index in [1.807, 2.05) is 19.2 Å². The second-order valence-electron chi connectivity index (χ2n) is 3.07. The lowest BCUT2D eigenvalue weighted by Crippen LogP contribution is -2.10. The van der Waals surface area contributed by atoms with E-state index >= 15 is 0 Å². The molecule has 0 amide bonds. The second kappa shape index (κ2) is 4.47. The van der Waals surface area contributed by atoms with Crippen LogP contribution >= 0.6 is 23.1 Å². The number of aromatic nitrogens is 2. The van der Waals surface area contributed by atoms with Gasteiger partial charge in [0.25, 0.3) is 0 Å². The van der Waals surface area contributed by atoms with Gasteiger partial charge in [0.2, 0.25) is 11.0 Å². The Morgan fingerprint density at radius 1 is 1.44 bits per heavy atom. The van der Waals surface area contributed by atoms with Crippen LogP contribution in [-0.4, -0.2) is 8.94 Å². The molecule has 4 nitrogen and oxygen atoms in total. The van der Waals surface area contributed by atoms with Crippen LogP contribution in [-0.2, 0) is 7.05 Å². The van der Waals surface area contributed by atoms with Crippen molar-refractivity contribution in [1.29, 1.82) is 5.26 Å². The van der Waals surface area contributed by atoms with E-state index in [1.165, 1.54) is 11.5 Å². The first kappa shape index (κ1) is 10.9. The fourth-order valence-corrected chi connectivity index (χ4v) is 2.09. The van der Waals surface area contributed by atoms with E-state index in [4.69, 9.17) is 16.9 Å². The van der Waals surface area contributed by atoms with E-state index in [9.17, 15) is 0 Å². The van der Waals surface area contributed by atoms with Crippen LogP contribution in [0.25, 0.3) is 11.4 Å². The van der Waals surface area contributed by atoms with Gasteiger partial charge in [-0.2, -0.15) is 9.64 Å². The zero-order valence-electron chi connectivity index (χ0n) is 8.38. The Bertz CT molecular complexity index is 603. The van der Waals surface area contributed by atoms with Crippen molar-refractivity contribution < 1.29 is 0 Å². The molecule has 0 bridgehead atoms. The molecule has 0 fully saturated rings. The largest absolute Gasteiger partial charge is 0.302 e. The van der Waals surface area contributed by atoms with Crippen molar-refractivity contribution in [2.45, 2.75) is 0 Å². The molecule has 1 heterocycles. The summed E-state index contributed by atoms with van der Waals surface area (Å²) in [5.74, 6) is 0.774. The summed E-state index contributed by atoms with van der Waals surface area (Å²) in [5, 5.41) is 9.18. The Morgan fingerprint density at radius 2 is 2.12 bits per heavy atom. The molecule has 0 radical (unpaired) electrons. The van der Waals surface area contributed by atoms with Gasteiger partial charge in [-0.25, -0.2) is 0 Å². The Hall–Kier alpha value is -1.64. The third-order valence-electron chi connectivity index (χ3n) is 2.07. The fourth-order valence-electron chi connectivity index (χ4n) is 1.28. The molecule has 2 rings (SSSR count). The lowest BCUT2D eigenvalue weighted by molar-refractivity contribution is 0.871. The molecule has 0 atom stereocenters. The summed E-state index contributed by atoms with van der Waals surface area (Å²) >= 11 is 7.00. The van der Waals surface area contributed by atoms with E-state index in [0.29, 0.717) is 9.82 Å².